The van der Waals surface area contributed by atoms with Crippen molar-refractivity contribution in [1.82, 2.24) is 5.32 Å². The standard InChI is InChI=1S/C12H14N2O3S2/c15-11-6-5-8(13-11)7-19(16,17)12-14-9-3-1-2-4-10(9)18-12/h1-4,8,12,14H,5-7H2,(H,13,15)/t8-,12?/m1/s1. The molecule has 1 aromatic rings. The molecule has 2 N–H and O–H groups in total. The number of hydrogen-bond donors (Lipinski definition) is 2. The van der Waals surface area contributed by atoms with E-state index in [4.69, 9.17) is 0 Å². The van der Waals surface area contributed by atoms with Crippen LogP contribution in [0, 0.1) is 0 Å². The summed E-state index contributed by atoms with van der Waals surface area (Å²) in [6, 6.07) is 7.29. The number of sulfone groups is 1. The minimum atomic E-state index is -3.30. The fraction of sp³-hybridized carbons (Fsp3) is 0.417. The molecule has 0 aliphatic carbocycles. The van der Waals surface area contributed by atoms with Crippen molar-refractivity contribution >= 4 is 33.2 Å². The van der Waals surface area contributed by atoms with Crippen LogP contribution in [0.15, 0.2) is 29.2 Å². The van der Waals surface area contributed by atoms with Crippen molar-refractivity contribution in [3.8, 4) is 0 Å². The third-order valence-electron chi connectivity index (χ3n) is 3.24. The second kappa shape index (κ2) is 4.72. The first kappa shape index (κ1) is 12.8. The lowest BCUT2D eigenvalue weighted by Crippen LogP contribution is -2.37. The maximum absolute atomic E-state index is 12.3. The topological polar surface area (TPSA) is 75.3 Å². The molecule has 1 unspecified atom stereocenters. The Morgan fingerprint density at radius 3 is 2.74 bits per heavy atom. The second-order valence-electron chi connectivity index (χ2n) is 4.72. The summed E-state index contributed by atoms with van der Waals surface area (Å²) >= 11 is 1.32. The lowest BCUT2D eigenvalue weighted by Gasteiger charge is -2.15. The van der Waals surface area contributed by atoms with Gasteiger partial charge in [-0.3, -0.25) is 4.79 Å². The third kappa shape index (κ3) is 2.57. The zero-order chi connectivity index (χ0) is 13.5. The fourth-order valence-corrected chi connectivity index (χ4v) is 5.55. The molecule has 0 saturated carbocycles. The van der Waals surface area contributed by atoms with Crippen LogP contribution < -0.4 is 10.6 Å². The van der Waals surface area contributed by atoms with E-state index < -0.39 is 14.5 Å². The first-order valence-corrected chi connectivity index (χ1v) is 8.67. The predicted octanol–water partition coefficient (Wildman–Crippen LogP) is 1.18. The van der Waals surface area contributed by atoms with E-state index in [-0.39, 0.29) is 17.7 Å². The smallest absolute Gasteiger partial charge is 0.220 e. The summed E-state index contributed by atoms with van der Waals surface area (Å²) in [4.78, 5) is 12.1. The van der Waals surface area contributed by atoms with E-state index in [1.54, 1.807) is 0 Å². The molecule has 1 amide bonds. The maximum atomic E-state index is 12.3. The number of amides is 1. The van der Waals surface area contributed by atoms with Crippen molar-refractivity contribution in [2.24, 2.45) is 0 Å². The Morgan fingerprint density at radius 1 is 1.26 bits per heavy atom. The van der Waals surface area contributed by atoms with E-state index in [2.05, 4.69) is 10.6 Å². The van der Waals surface area contributed by atoms with E-state index in [1.165, 1.54) is 11.8 Å². The first-order chi connectivity index (χ1) is 9.04. The second-order valence-corrected chi connectivity index (χ2v) is 8.30. The minimum absolute atomic E-state index is 0.00258. The Labute approximate surface area is 116 Å². The Bertz CT molecular complexity index is 590. The van der Waals surface area contributed by atoms with Gasteiger partial charge in [0.2, 0.25) is 5.91 Å². The van der Waals surface area contributed by atoms with Gasteiger partial charge in [0.1, 0.15) is 0 Å². The molecule has 2 aliphatic rings. The van der Waals surface area contributed by atoms with Crippen LogP contribution >= 0.6 is 11.8 Å². The minimum Gasteiger partial charge on any atom is -0.360 e. The van der Waals surface area contributed by atoms with Crippen LogP contribution in [-0.4, -0.2) is 30.8 Å². The number of carbonyl (C=O) groups excluding carboxylic acids is 1. The van der Waals surface area contributed by atoms with E-state index in [1.807, 2.05) is 24.3 Å². The Balaban J connectivity index is 1.71. The normalized spacial score (nSPS) is 25.8. The van der Waals surface area contributed by atoms with Crippen LogP contribution in [0.4, 0.5) is 5.69 Å². The number of anilines is 1. The molecule has 0 radical (unpaired) electrons. The number of thioether (sulfide) groups is 1. The molecule has 2 heterocycles. The predicted molar refractivity (Wildman–Crippen MR) is 74.7 cm³/mol. The monoisotopic (exact) mass is 298 g/mol. The van der Waals surface area contributed by atoms with E-state index >= 15 is 0 Å². The van der Waals surface area contributed by atoms with Gasteiger partial charge in [0.25, 0.3) is 0 Å². The van der Waals surface area contributed by atoms with E-state index in [9.17, 15) is 13.2 Å². The van der Waals surface area contributed by atoms with Crippen LogP contribution in [0.25, 0.3) is 0 Å². The van der Waals surface area contributed by atoms with Crippen molar-refractivity contribution in [2.75, 3.05) is 11.1 Å². The molecule has 19 heavy (non-hydrogen) atoms. The molecule has 1 aromatic carbocycles. The van der Waals surface area contributed by atoms with Crippen molar-refractivity contribution in [2.45, 2.75) is 28.5 Å². The van der Waals surface area contributed by atoms with Gasteiger partial charge < -0.3 is 10.6 Å². The van der Waals surface area contributed by atoms with Gasteiger partial charge in [0.15, 0.2) is 14.5 Å². The molecule has 7 heteroatoms. The van der Waals surface area contributed by atoms with E-state index in [0.29, 0.717) is 12.8 Å². The highest BCUT2D eigenvalue weighted by atomic mass is 32.3. The highest BCUT2D eigenvalue weighted by molar-refractivity contribution is 8.14. The average Bonchev–Trinajstić information content (AvgIpc) is 2.95. The molecule has 0 spiro atoms. The first-order valence-electron chi connectivity index (χ1n) is 6.08. The Morgan fingerprint density at radius 2 is 2.05 bits per heavy atom. The van der Waals surface area contributed by atoms with Crippen LogP contribution in [-0.2, 0) is 14.6 Å². The number of fused-ring (bicyclic) bond motifs is 1. The van der Waals surface area contributed by atoms with Crippen molar-refractivity contribution in [3.05, 3.63) is 24.3 Å². The quantitative estimate of drug-likeness (QED) is 0.876. The fourth-order valence-electron chi connectivity index (χ4n) is 2.29. The summed E-state index contributed by atoms with van der Waals surface area (Å²) < 4.78 is 24.0. The van der Waals surface area contributed by atoms with Gasteiger partial charge in [-0.05, 0) is 18.6 Å². The van der Waals surface area contributed by atoms with Crippen LogP contribution in [0.3, 0.4) is 0 Å². The van der Waals surface area contributed by atoms with Crippen molar-refractivity contribution < 1.29 is 13.2 Å². The van der Waals surface area contributed by atoms with Crippen molar-refractivity contribution in [3.63, 3.8) is 0 Å². The highest BCUT2D eigenvalue weighted by Gasteiger charge is 2.35. The third-order valence-corrected chi connectivity index (χ3v) is 6.99. The largest absolute Gasteiger partial charge is 0.360 e. The molecule has 3 rings (SSSR count). The molecule has 0 aromatic heterocycles. The van der Waals surface area contributed by atoms with Crippen LogP contribution in [0.5, 0.6) is 0 Å². The lowest BCUT2D eigenvalue weighted by atomic mass is 10.2. The van der Waals surface area contributed by atoms with Crippen LogP contribution in [0.2, 0.25) is 0 Å². The highest BCUT2D eigenvalue weighted by Crippen LogP contribution is 2.40. The average molecular weight is 298 g/mol. The number of nitrogens with one attached hydrogen (secondary N) is 2. The maximum Gasteiger partial charge on any atom is 0.220 e. The molecule has 2 atom stereocenters. The zero-order valence-corrected chi connectivity index (χ0v) is 11.8. The number of benzene rings is 1. The van der Waals surface area contributed by atoms with Gasteiger partial charge in [-0.2, -0.15) is 0 Å². The van der Waals surface area contributed by atoms with Gasteiger partial charge >= 0.3 is 0 Å². The summed E-state index contributed by atoms with van der Waals surface area (Å²) in [7, 11) is -3.30. The van der Waals surface area contributed by atoms with Gasteiger partial charge in [-0.15, -0.1) is 0 Å². The summed E-state index contributed by atoms with van der Waals surface area (Å²) in [5, 5.41) is 5.72. The summed E-state index contributed by atoms with van der Waals surface area (Å²) in [6.07, 6.45) is 1.02. The molecule has 2 aliphatic heterocycles. The lowest BCUT2D eigenvalue weighted by molar-refractivity contribution is -0.119. The summed E-state index contributed by atoms with van der Waals surface area (Å²) in [5.74, 6) is -0.0623. The number of para-hydroxylation sites is 1. The molecule has 102 valence electrons. The zero-order valence-electron chi connectivity index (χ0n) is 10.1. The van der Waals surface area contributed by atoms with Gasteiger partial charge in [0.05, 0.1) is 5.75 Å². The van der Waals surface area contributed by atoms with Crippen LogP contribution in [0.1, 0.15) is 12.8 Å². The van der Waals surface area contributed by atoms with Gasteiger partial charge in [-0.1, -0.05) is 23.9 Å². The number of carbonyl (C=O) groups is 1. The van der Waals surface area contributed by atoms with Gasteiger partial charge in [0, 0.05) is 23.0 Å². The summed E-state index contributed by atoms with van der Waals surface area (Å²) in [6.45, 7) is 0. The van der Waals surface area contributed by atoms with Crippen molar-refractivity contribution in [1.29, 1.82) is 0 Å². The van der Waals surface area contributed by atoms with E-state index in [0.717, 1.165) is 10.6 Å². The molecule has 1 saturated heterocycles. The Kier molecular flexibility index (Phi) is 3.18. The molecular formula is C12H14N2O3S2. The van der Waals surface area contributed by atoms with Gasteiger partial charge in [-0.25, -0.2) is 8.42 Å². The summed E-state index contributed by atoms with van der Waals surface area (Å²) in [5.41, 5.74) is 0.858. The number of rotatable bonds is 3. The molecule has 0 bridgehead atoms. The Hall–Kier alpha value is -1.21. The SMILES string of the molecule is O=C1CC[C@H](CS(=O)(=O)C2Nc3ccccc3S2)N1. The molecule has 5 nitrogen and oxygen atoms in total. The molecular weight excluding hydrogens is 284 g/mol. The molecule has 1 fully saturated rings. The number of hydrogen-bond acceptors (Lipinski definition) is 5.